The summed E-state index contributed by atoms with van der Waals surface area (Å²) in [5.41, 5.74) is 1.31. The predicted octanol–water partition coefficient (Wildman–Crippen LogP) is 4.06. The number of carbonyl (C=O) groups is 1. The molecule has 2 rings (SSSR count). The zero-order valence-electron chi connectivity index (χ0n) is 9.58. The fraction of sp³-hybridized carbons (Fsp3) is 0.0769. The molecule has 0 saturated heterocycles. The molecule has 1 aromatic heterocycles. The maximum Gasteiger partial charge on any atom is 0.257 e. The van der Waals surface area contributed by atoms with Crippen LogP contribution < -0.4 is 5.32 Å². The van der Waals surface area contributed by atoms with Gasteiger partial charge in [-0.3, -0.25) is 4.79 Å². The van der Waals surface area contributed by atoms with Gasteiger partial charge < -0.3 is 5.32 Å². The van der Waals surface area contributed by atoms with Crippen molar-refractivity contribution in [3.05, 3.63) is 57.2 Å². The molecule has 0 saturated carbocycles. The second-order valence-corrected chi connectivity index (χ2v) is 5.05. The third-order valence-electron chi connectivity index (χ3n) is 2.48. The smallest absolute Gasteiger partial charge is 0.257 e. The van der Waals surface area contributed by atoms with E-state index in [0.29, 0.717) is 16.4 Å². The minimum atomic E-state index is -0.218. The first kappa shape index (κ1) is 13.1. The molecular formula is C13H10BrClN2O. The Kier molecular flexibility index (Phi) is 3.99. The average molecular weight is 326 g/mol. The summed E-state index contributed by atoms with van der Waals surface area (Å²) in [6, 6.07) is 8.77. The topological polar surface area (TPSA) is 42.0 Å². The third-order valence-corrected chi connectivity index (χ3v) is 3.36. The van der Waals surface area contributed by atoms with Crippen LogP contribution in [-0.4, -0.2) is 10.9 Å². The molecule has 0 bridgehead atoms. The second kappa shape index (κ2) is 5.50. The highest BCUT2D eigenvalue weighted by atomic mass is 79.9. The molecule has 5 heteroatoms. The van der Waals surface area contributed by atoms with Gasteiger partial charge in [0.15, 0.2) is 0 Å². The molecule has 2 aromatic rings. The molecule has 92 valence electrons. The van der Waals surface area contributed by atoms with E-state index in [2.05, 4.69) is 26.2 Å². The Morgan fingerprint density at radius 3 is 2.78 bits per heavy atom. The van der Waals surface area contributed by atoms with E-state index in [9.17, 15) is 4.79 Å². The van der Waals surface area contributed by atoms with Crippen LogP contribution in [-0.2, 0) is 0 Å². The lowest BCUT2D eigenvalue weighted by molar-refractivity contribution is 0.102. The SMILES string of the molecule is Cc1c(Cl)cccc1C(=O)Nc1ccc(Br)cn1. The van der Waals surface area contributed by atoms with Gasteiger partial charge in [0.05, 0.1) is 0 Å². The summed E-state index contributed by atoms with van der Waals surface area (Å²) < 4.78 is 0.861. The summed E-state index contributed by atoms with van der Waals surface area (Å²) in [7, 11) is 0. The molecule has 1 N–H and O–H groups in total. The van der Waals surface area contributed by atoms with Crippen molar-refractivity contribution in [2.24, 2.45) is 0 Å². The largest absolute Gasteiger partial charge is 0.307 e. The molecule has 1 amide bonds. The number of hydrogen-bond donors (Lipinski definition) is 1. The quantitative estimate of drug-likeness (QED) is 0.905. The maximum absolute atomic E-state index is 12.1. The van der Waals surface area contributed by atoms with Crippen LogP contribution in [0, 0.1) is 6.92 Å². The molecule has 0 atom stereocenters. The van der Waals surface area contributed by atoms with Gasteiger partial charge in [-0.25, -0.2) is 4.98 Å². The number of hydrogen-bond acceptors (Lipinski definition) is 2. The van der Waals surface area contributed by atoms with Gasteiger partial charge in [-0.05, 0) is 52.7 Å². The van der Waals surface area contributed by atoms with Crippen LogP contribution in [0.2, 0.25) is 5.02 Å². The second-order valence-electron chi connectivity index (χ2n) is 3.73. The third kappa shape index (κ3) is 2.89. The zero-order valence-corrected chi connectivity index (χ0v) is 11.9. The van der Waals surface area contributed by atoms with Crippen LogP contribution in [0.1, 0.15) is 15.9 Å². The van der Waals surface area contributed by atoms with E-state index >= 15 is 0 Å². The van der Waals surface area contributed by atoms with Crippen molar-refractivity contribution >= 4 is 39.3 Å². The first-order chi connectivity index (χ1) is 8.58. The Morgan fingerprint density at radius 1 is 1.33 bits per heavy atom. The molecule has 0 spiro atoms. The van der Waals surface area contributed by atoms with E-state index < -0.39 is 0 Å². The van der Waals surface area contributed by atoms with Gasteiger partial charge in [0.25, 0.3) is 5.91 Å². The number of pyridine rings is 1. The Bertz CT molecular complexity index is 584. The van der Waals surface area contributed by atoms with E-state index in [1.807, 2.05) is 13.0 Å². The van der Waals surface area contributed by atoms with E-state index in [0.717, 1.165) is 10.0 Å². The van der Waals surface area contributed by atoms with Crippen molar-refractivity contribution in [1.29, 1.82) is 0 Å². The fourth-order valence-electron chi connectivity index (χ4n) is 1.49. The fourth-order valence-corrected chi connectivity index (χ4v) is 1.90. The van der Waals surface area contributed by atoms with Gasteiger partial charge >= 0.3 is 0 Å². The highest BCUT2D eigenvalue weighted by molar-refractivity contribution is 9.10. The molecule has 0 aliphatic rings. The number of aromatic nitrogens is 1. The number of anilines is 1. The summed E-state index contributed by atoms with van der Waals surface area (Å²) in [5.74, 6) is 0.285. The van der Waals surface area contributed by atoms with Gasteiger partial charge in [-0.15, -0.1) is 0 Å². The van der Waals surface area contributed by atoms with Gasteiger partial charge in [0, 0.05) is 21.3 Å². The van der Waals surface area contributed by atoms with Gasteiger partial charge in [0.2, 0.25) is 0 Å². The minimum absolute atomic E-state index is 0.218. The lowest BCUT2D eigenvalue weighted by Crippen LogP contribution is -2.14. The summed E-state index contributed by atoms with van der Waals surface area (Å²) in [6.07, 6.45) is 1.63. The molecule has 3 nitrogen and oxygen atoms in total. The van der Waals surface area contributed by atoms with E-state index in [1.165, 1.54) is 0 Å². The van der Waals surface area contributed by atoms with Crippen LogP contribution in [0.4, 0.5) is 5.82 Å². The lowest BCUT2D eigenvalue weighted by atomic mass is 10.1. The standard InChI is InChI=1S/C13H10BrClN2O/c1-8-10(3-2-4-11(8)15)13(18)17-12-6-5-9(14)7-16-12/h2-7H,1H3,(H,16,17,18). The normalized spacial score (nSPS) is 10.2. The molecule has 1 aromatic carbocycles. The Morgan fingerprint density at radius 2 is 2.11 bits per heavy atom. The Hall–Kier alpha value is -1.39. The van der Waals surface area contributed by atoms with E-state index in [4.69, 9.17) is 11.6 Å². The van der Waals surface area contributed by atoms with Crippen molar-refractivity contribution in [3.8, 4) is 0 Å². The van der Waals surface area contributed by atoms with E-state index in [1.54, 1.807) is 30.5 Å². The Labute approximate surface area is 118 Å². The monoisotopic (exact) mass is 324 g/mol. The molecule has 0 unspecified atom stereocenters. The van der Waals surface area contributed by atoms with Gasteiger partial charge in [0.1, 0.15) is 5.82 Å². The van der Waals surface area contributed by atoms with Crippen LogP contribution in [0.15, 0.2) is 41.0 Å². The van der Waals surface area contributed by atoms with Crippen molar-refractivity contribution in [2.45, 2.75) is 6.92 Å². The number of nitrogens with one attached hydrogen (secondary N) is 1. The number of nitrogens with zero attached hydrogens (tertiary/aromatic N) is 1. The first-order valence-corrected chi connectivity index (χ1v) is 6.43. The van der Waals surface area contributed by atoms with Crippen LogP contribution in [0.25, 0.3) is 0 Å². The van der Waals surface area contributed by atoms with Crippen LogP contribution in [0.3, 0.4) is 0 Å². The predicted molar refractivity (Wildman–Crippen MR) is 76.1 cm³/mol. The summed E-state index contributed by atoms with van der Waals surface area (Å²) in [4.78, 5) is 16.1. The zero-order chi connectivity index (χ0) is 13.1. The molecular weight excluding hydrogens is 316 g/mol. The molecule has 0 radical (unpaired) electrons. The lowest BCUT2D eigenvalue weighted by Gasteiger charge is -2.08. The molecule has 0 fully saturated rings. The van der Waals surface area contributed by atoms with Crippen molar-refractivity contribution in [1.82, 2.24) is 4.98 Å². The van der Waals surface area contributed by atoms with E-state index in [-0.39, 0.29) is 5.91 Å². The number of rotatable bonds is 2. The highest BCUT2D eigenvalue weighted by Crippen LogP contribution is 2.19. The molecule has 18 heavy (non-hydrogen) atoms. The number of amides is 1. The first-order valence-electron chi connectivity index (χ1n) is 5.26. The van der Waals surface area contributed by atoms with Crippen molar-refractivity contribution in [2.75, 3.05) is 5.32 Å². The summed E-state index contributed by atoms with van der Waals surface area (Å²) in [6.45, 7) is 1.81. The molecule has 1 heterocycles. The molecule has 0 aliphatic heterocycles. The average Bonchev–Trinajstić information content (AvgIpc) is 2.35. The van der Waals surface area contributed by atoms with Crippen molar-refractivity contribution < 1.29 is 4.79 Å². The van der Waals surface area contributed by atoms with Crippen LogP contribution in [0.5, 0.6) is 0 Å². The van der Waals surface area contributed by atoms with Gasteiger partial charge in [-0.2, -0.15) is 0 Å². The van der Waals surface area contributed by atoms with Gasteiger partial charge in [-0.1, -0.05) is 17.7 Å². The highest BCUT2D eigenvalue weighted by Gasteiger charge is 2.11. The number of carbonyl (C=O) groups excluding carboxylic acids is 1. The van der Waals surface area contributed by atoms with Crippen molar-refractivity contribution in [3.63, 3.8) is 0 Å². The minimum Gasteiger partial charge on any atom is -0.307 e. The number of halogens is 2. The van der Waals surface area contributed by atoms with Crippen LogP contribution >= 0.6 is 27.5 Å². The summed E-state index contributed by atoms with van der Waals surface area (Å²) in [5, 5.41) is 3.30. The maximum atomic E-state index is 12.1. The number of benzene rings is 1. The molecule has 0 aliphatic carbocycles. The summed E-state index contributed by atoms with van der Waals surface area (Å²) >= 11 is 9.26. The Balaban J connectivity index is 2.22.